The molecule has 0 saturated carbocycles. The van der Waals surface area contributed by atoms with Crippen LogP contribution in [0.25, 0.3) is 0 Å². The van der Waals surface area contributed by atoms with Crippen molar-refractivity contribution >= 4 is 34.1 Å². The first-order valence-corrected chi connectivity index (χ1v) is 15.7. The fraction of sp³-hybridized carbons (Fsp3) is 1.00. The van der Waals surface area contributed by atoms with E-state index in [2.05, 4.69) is 30.0 Å². The molecule has 0 aliphatic rings. The molecule has 174 valence electrons. The fourth-order valence-electron chi connectivity index (χ4n) is 3.68. The maximum atomic E-state index is 2.42. The third kappa shape index (κ3) is 29.5. The molecule has 0 rings (SSSR count). The van der Waals surface area contributed by atoms with Gasteiger partial charge in [0.25, 0.3) is 0 Å². The van der Waals surface area contributed by atoms with E-state index >= 15 is 0 Å². The van der Waals surface area contributed by atoms with Crippen molar-refractivity contribution in [2.24, 2.45) is 0 Å². The van der Waals surface area contributed by atoms with Crippen LogP contribution >= 0.6 is 34.1 Å². The number of hydrogen-bond acceptors (Lipinski definition) is 0. The Morgan fingerprint density at radius 3 is 0.857 bits per heavy atom. The van der Waals surface area contributed by atoms with Gasteiger partial charge < -0.3 is 0 Å². The molecule has 0 N–H and O–H groups in total. The summed E-state index contributed by atoms with van der Waals surface area (Å²) >= 11 is 0. The molecule has 0 heterocycles. The Morgan fingerprint density at radius 2 is 0.607 bits per heavy atom. The van der Waals surface area contributed by atoms with Crippen LogP contribution in [0.1, 0.15) is 136 Å². The first kappa shape index (κ1) is 34.0. The minimum Gasteiger partial charge on any atom is -0.141 e. The van der Waals surface area contributed by atoms with Crippen LogP contribution < -0.4 is 0 Å². The van der Waals surface area contributed by atoms with Gasteiger partial charge >= 0.3 is 0 Å². The molecule has 0 bridgehead atoms. The first-order valence-electron chi connectivity index (χ1n) is 12.6. The normalized spacial score (nSPS) is 10.5. The highest BCUT2D eigenvalue weighted by Crippen LogP contribution is 2.39. The lowest BCUT2D eigenvalue weighted by atomic mass is 10.1. The summed E-state index contributed by atoms with van der Waals surface area (Å²) in [7, 11) is 2.78. The Balaban J connectivity index is -0.00000201. The van der Waals surface area contributed by atoms with Crippen molar-refractivity contribution in [3.63, 3.8) is 0 Å². The van der Waals surface area contributed by atoms with E-state index in [9.17, 15) is 0 Å². The maximum absolute atomic E-state index is 2.42. The van der Waals surface area contributed by atoms with E-state index in [1.165, 1.54) is 116 Å². The monoisotopic (exact) mass is 498 g/mol. The summed E-state index contributed by atoms with van der Waals surface area (Å²) in [5.74, 6) is 0. The van der Waals surface area contributed by atoms with E-state index in [0.29, 0.717) is 7.92 Å². The Labute approximate surface area is 195 Å². The summed E-state index contributed by atoms with van der Waals surface area (Å²) in [5.41, 5.74) is 0. The predicted octanol–water partition coefficient (Wildman–Crippen LogP) is 10.6. The molecule has 0 saturated heterocycles. The highest BCUT2D eigenvalue weighted by Gasteiger charge is 2.07. The van der Waals surface area contributed by atoms with Crippen LogP contribution in [-0.4, -0.2) is 25.2 Å². The predicted molar refractivity (Wildman–Crippen MR) is 148 cm³/mol. The molecule has 0 aliphatic heterocycles. The van der Waals surface area contributed by atoms with Crippen molar-refractivity contribution < 1.29 is 0 Å². The van der Waals surface area contributed by atoms with Crippen molar-refractivity contribution in [3.05, 3.63) is 0 Å². The molecule has 0 radical (unpaired) electrons. The highest BCUT2D eigenvalue weighted by atomic mass is 79.9. The van der Waals surface area contributed by atoms with Crippen molar-refractivity contribution in [2.45, 2.75) is 136 Å². The third-order valence-electron chi connectivity index (χ3n) is 5.48. The average molecular weight is 500 g/mol. The lowest BCUT2D eigenvalue weighted by Crippen LogP contribution is -1.97. The molecule has 0 aromatic carbocycles. The molecule has 0 fully saturated rings. The minimum absolute atomic E-state index is 0. The van der Waals surface area contributed by atoms with Gasteiger partial charge in [0, 0.05) is 0 Å². The van der Waals surface area contributed by atoms with E-state index in [1.807, 2.05) is 6.66 Å². The molecular formula is C25H57BrP2. The molecule has 0 spiro atoms. The Kier molecular flexibility index (Phi) is 40.0. The van der Waals surface area contributed by atoms with Crippen molar-refractivity contribution in [1.82, 2.24) is 0 Å². The zero-order valence-electron chi connectivity index (χ0n) is 20.3. The molecule has 3 heteroatoms. The van der Waals surface area contributed by atoms with E-state index in [0.717, 1.165) is 0 Å². The van der Waals surface area contributed by atoms with Crippen LogP contribution in [0.4, 0.5) is 0 Å². The van der Waals surface area contributed by atoms with Crippen molar-refractivity contribution in [1.29, 1.82) is 0 Å². The summed E-state index contributed by atoms with van der Waals surface area (Å²) in [4.78, 5) is 0. The van der Waals surface area contributed by atoms with Gasteiger partial charge in [0.15, 0.2) is 0 Å². The van der Waals surface area contributed by atoms with Crippen LogP contribution in [0.3, 0.4) is 0 Å². The van der Waals surface area contributed by atoms with E-state index in [4.69, 9.17) is 0 Å². The van der Waals surface area contributed by atoms with Gasteiger partial charge in [0.2, 0.25) is 0 Å². The fourth-order valence-corrected chi connectivity index (χ4v) is 6.37. The highest BCUT2D eigenvalue weighted by molar-refractivity contribution is 8.93. The minimum atomic E-state index is 0. The summed E-state index contributed by atoms with van der Waals surface area (Å²) in [6.45, 7) is 8.88. The lowest BCUT2D eigenvalue weighted by molar-refractivity contribution is 0.617. The Hall–Kier alpha value is 1.34. The van der Waals surface area contributed by atoms with Crippen LogP contribution in [-0.2, 0) is 0 Å². The maximum Gasteiger partial charge on any atom is -0.0326 e. The zero-order valence-corrected chi connectivity index (χ0v) is 24.0. The Morgan fingerprint density at radius 1 is 0.393 bits per heavy atom. The van der Waals surface area contributed by atoms with E-state index < -0.39 is 0 Å². The number of unbranched alkanes of at least 4 members (excludes halogenated alkanes) is 15. The van der Waals surface area contributed by atoms with Crippen molar-refractivity contribution in [2.75, 3.05) is 25.2 Å². The number of halogens is 1. The SMILES string of the molecule is Br.CCCCCCCCP(CCCCCCCC)CCCCCCCC.CP. The van der Waals surface area contributed by atoms with Crippen LogP contribution in [0.5, 0.6) is 0 Å². The second-order valence-electron chi connectivity index (χ2n) is 8.14. The zero-order chi connectivity index (χ0) is 20.4. The van der Waals surface area contributed by atoms with Crippen LogP contribution in [0.2, 0.25) is 0 Å². The van der Waals surface area contributed by atoms with Gasteiger partial charge in [-0.2, -0.15) is 0 Å². The Bertz CT molecular complexity index is 199. The number of rotatable bonds is 21. The van der Waals surface area contributed by atoms with Gasteiger partial charge in [-0.05, 0) is 37.7 Å². The van der Waals surface area contributed by atoms with E-state index in [-0.39, 0.29) is 17.0 Å². The van der Waals surface area contributed by atoms with Gasteiger partial charge in [-0.25, -0.2) is 0 Å². The summed E-state index contributed by atoms with van der Waals surface area (Å²) in [6.07, 6.45) is 31.2. The molecular weight excluding hydrogens is 442 g/mol. The molecule has 0 aromatic rings. The van der Waals surface area contributed by atoms with Gasteiger partial charge in [-0.1, -0.05) is 124 Å². The number of hydrogen-bond donors (Lipinski definition) is 0. The smallest absolute Gasteiger partial charge is 0.0326 e. The summed E-state index contributed by atoms with van der Waals surface area (Å²) in [6, 6.07) is 0. The van der Waals surface area contributed by atoms with E-state index in [1.54, 1.807) is 18.5 Å². The average Bonchev–Trinajstić information content (AvgIpc) is 2.70. The van der Waals surface area contributed by atoms with Crippen molar-refractivity contribution in [3.8, 4) is 0 Å². The van der Waals surface area contributed by atoms with Gasteiger partial charge in [-0.15, -0.1) is 34.1 Å². The summed E-state index contributed by atoms with van der Waals surface area (Å²) < 4.78 is 0. The summed E-state index contributed by atoms with van der Waals surface area (Å²) in [5, 5.41) is 0. The van der Waals surface area contributed by atoms with Gasteiger partial charge in [-0.3, -0.25) is 0 Å². The molecule has 0 aromatic heterocycles. The van der Waals surface area contributed by atoms with Crippen LogP contribution in [0, 0.1) is 0 Å². The molecule has 0 aliphatic carbocycles. The molecule has 28 heavy (non-hydrogen) atoms. The largest absolute Gasteiger partial charge is 0.141 e. The third-order valence-corrected chi connectivity index (χ3v) is 8.33. The second kappa shape index (κ2) is 33.0. The molecule has 0 amide bonds. The molecule has 1 unspecified atom stereocenters. The topological polar surface area (TPSA) is 0 Å². The quantitative estimate of drug-likeness (QED) is 0.109. The first-order chi connectivity index (χ1) is 13.3. The lowest BCUT2D eigenvalue weighted by Gasteiger charge is -2.18. The van der Waals surface area contributed by atoms with Crippen LogP contribution in [0.15, 0.2) is 0 Å². The van der Waals surface area contributed by atoms with Gasteiger partial charge in [0.1, 0.15) is 0 Å². The standard InChI is InChI=1S/C24H51P.CH5P.BrH/c1-4-7-10-13-16-19-22-25(23-20-17-14-11-8-5-2)24-21-18-15-12-9-6-3;1-2;/h4-24H2,1-3H3;2H2,1H3;1H. The molecule has 1 atom stereocenters. The second-order valence-corrected chi connectivity index (χ2v) is 10.8. The van der Waals surface area contributed by atoms with Gasteiger partial charge in [0.05, 0.1) is 0 Å². The molecule has 0 nitrogen and oxygen atoms in total.